The number of allylic oxidation sites excluding steroid dienone is 1. The SMILES string of the molecule is C/C=C/c1ccc(OCCSc2nc3ccccc3[nH]2)c(OC)c1.Cl. The number of fused-ring (bicyclic) bond motifs is 1. The first-order valence-corrected chi connectivity index (χ1v) is 8.80. The molecular formula is C19H21ClN2O2S. The molecule has 1 heterocycles. The highest BCUT2D eigenvalue weighted by Crippen LogP contribution is 2.29. The molecule has 0 bridgehead atoms. The van der Waals surface area contributed by atoms with Crippen LogP contribution in [0.2, 0.25) is 0 Å². The molecule has 25 heavy (non-hydrogen) atoms. The number of nitrogens with zero attached hydrogens (tertiary/aromatic N) is 1. The molecule has 0 fully saturated rings. The van der Waals surface area contributed by atoms with E-state index in [1.54, 1.807) is 18.9 Å². The van der Waals surface area contributed by atoms with E-state index in [-0.39, 0.29) is 12.4 Å². The summed E-state index contributed by atoms with van der Waals surface area (Å²) in [5.74, 6) is 2.31. The third-order valence-corrected chi connectivity index (χ3v) is 4.33. The molecule has 0 aliphatic heterocycles. The third-order valence-electron chi connectivity index (χ3n) is 3.49. The number of H-pyrrole nitrogens is 1. The lowest BCUT2D eigenvalue weighted by Crippen LogP contribution is -2.02. The van der Waals surface area contributed by atoms with E-state index in [0.29, 0.717) is 6.61 Å². The van der Waals surface area contributed by atoms with Crippen molar-refractivity contribution in [3.8, 4) is 11.5 Å². The van der Waals surface area contributed by atoms with Gasteiger partial charge in [0.2, 0.25) is 0 Å². The van der Waals surface area contributed by atoms with Gasteiger partial charge in [-0.15, -0.1) is 12.4 Å². The molecule has 1 aromatic heterocycles. The van der Waals surface area contributed by atoms with Gasteiger partial charge in [-0.25, -0.2) is 4.98 Å². The van der Waals surface area contributed by atoms with Gasteiger partial charge in [0.25, 0.3) is 0 Å². The lowest BCUT2D eigenvalue weighted by atomic mass is 10.2. The summed E-state index contributed by atoms with van der Waals surface area (Å²) in [7, 11) is 1.66. The second kappa shape index (κ2) is 9.39. The van der Waals surface area contributed by atoms with Crippen LogP contribution in [0.1, 0.15) is 12.5 Å². The smallest absolute Gasteiger partial charge is 0.166 e. The number of thioether (sulfide) groups is 1. The van der Waals surface area contributed by atoms with E-state index in [1.807, 2.05) is 61.5 Å². The summed E-state index contributed by atoms with van der Waals surface area (Å²) >= 11 is 1.65. The van der Waals surface area contributed by atoms with Crippen molar-refractivity contribution in [1.82, 2.24) is 9.97 Å². The van der Waals surface area contributed by atoms with Gasteiger partial charge in [-0.1, -0.05) is 42.1 Å². The molecule has 1 N–H and O–H groups in total. The minimum Gasteiger partial charge on any atom is -0.493 e. The Kier molecular flexibility index (Phi) is 7.22. The molecule has 0 saturated carbocycles. The first kappa shape index (κ1) is 19.2. The van der Waals surface area contributed by atoms with E-state index in [2.05, 4.69) is 9.97 Å². The molecule has 0 amide bonds. The fourth-order valence-electron chi connectivity index (χ4n) is 2.39. The molecule has 132 valence electrons. The molecule has 3 rings (SSSR count). The maximum Gasteiger partial charge on any atom is 0.166 e. The number of ether oxygens (including phenoxy) is 2. The zero-order chi connectivity index (χ0) is 16.8. The Labute approximate surface area is 158 Å². The van der Waals surface area contributed by atoms with Crippen molar-refractivity contribution in [3.63, 3.8) is 0 Å². The molecule has 0 spiro atoms. The van der Waals surface area contributed by atoms with Crippen LogP contribution in [0.25, 0.3) is 17.1 Å². The summed E-state index contributed by atoms with van der Waals surface area (Å²) in [6.45, 7) is 2.58. The van der Waals surface area contributed by atoms with Gasteiger partial charge < -0.3 is 14.5 Å². The van der Waals surface area contributed by atoms with Crippen molar-refractivity contribution in [2.24, 2.45) is 0 Å². The van der Waals surface area contributed by atoms with E-state index in [1.165, 1.54) is 0 Å². The molecule has 4 nitrogen and oxygen atoms in total. The predicted octanol–water partition coefficient (Wildman–Crippen LogP) is 5.20. The predicted molar refractivity (Wildman–Crippen MR) is 107 cm³/mol. The van der Waals surface area contributed by atoms with Crippen molar-refractivity contribution in [1.29, 1.82) is 0 Å². The van der Waals surface area contributed by atoms with Crippen LogP contribution in [0.15, 0.2) is 53.7 Å². The van der Waals surface area contributed by atoms with Crippen molar-refractivity contribution >= 4 is 41.3 Å². The maximum atomic E-state index is 5.85. The molecule has 3 aromatic rings. The molecule has 0 aliphatic carbocycles. The van der Waals surface area contributed by atoms with Crippen LogP contribution in [0.3, 0.4) is 0 Å². The number of imidazole rings is 1. The lowest BCUT2D eigenvalue weighted by molar-refractivity contribution is 0.313. The van der Waals surface area contributed by atoms with E-state index < -0.39 is 0 Å². The summed E-state index contributed by atoms with van der Waals surface area (Å²) in [4.78, 5) is 7.84. The third kappa shape index (κ3) is 4.94. The van der Waals surface area contributed by atoms with Crippen LogP contribution in [-0.4, -0.2) is 29.4 Å². The monoisotopic (exact) mass is 376 g/mol. The van der Waals surface area contributed by atoms with Crippen LogP contribution in [0.5, 0.6) is 11.5 Å². The highest BCUT2D eigenvalue weighted by molar-refractivity contribution is 7.99. The number of aromatic nitrogens is 2. The summed E-state index contributed by atoms with van der Waals surface area (Å²) < 4.78 is 11.2. The Morgan fingerprint density at radius 2 is 2.00 bits per heavy atom. The van der Waals surface area contributed by atoms with Crippen LogP contribution in [-0.2, 0) is 0 Å². The van der Waals surface area contributed by atoms with Crippen molar-refractivity contribution in [3.05, 3.63) is 54.1 Å². The quantitative estimate of drug-likeness (QED) is 0.455. The zero-order valence-corrected chi connectivity index (χ0v) is 15.8. The van der Waals surface area contributed by atoms with Gasteiger partial charge in [0, 0.05) is 5.75 Å². The molecular weight excluding hydrogens is 356 g/mol. The molecule has 0 saturated heterocycles. The fraction of sp³-hybridized carbons (Fsp3) is 0.211. The number of rotatable bonds is 7. The lowest BCUT2D eigenvalue weighted by Gasteiger charge is -2.11. The second-order valence-electron chi connectivity index (χ2n) is 5.17. The summed E-state index contributed by atoms with van der Waals surface area (Å²) in [5.41, 5.74) is 3.14. The highest BCUT2D eigenvalue weighted by atomic mass is 35.5. The van der Waals surface area contributed by atoms with Crippen LogP contribution in [0.4, 0.5) is 0 Å². The molecule has 6 heteroatoms. The van der Waals surface area contributed by atoms with Gasteiger partial charge in [0.05, 0.1) is 24.8 Å². The van der Waals surface area contributed by atoms with Gasteiger partial charge >= 0.3 is 0 Å². The topological polar surface area (TPSA) is 47.1 Å². The molecule has 0 atom stereocenters. The van der Waals surface area contributed by atoms with E-state index >= 15 is 0 Å². The van der Waals surface area contributed by atoms with Gasteiger partial charge in [-0.3, -0.25) is 0 Å². The van der Waals surface area contributed by atoms with E-state index in [9.17, 15) is 0 Å². The summed E-state index contributed by atoms with van der Waals surface area (Å²) in [5, 5.41) is 0.912. The highest BCUT2D eigenvalue weighted by Gasteiger charge is 2.06. The second-order valence-corrected chi connectivity index (χ2v) is 6.25. The molecule has 0 aliphatic rings. The van der Waals surface area contributed by atoms with Crippen molar-refractivity contribution < 1.29 is 9.47 Å². The van der Waals surface area contributed by atoms with Gasteiger partial charge in [-0.2, -0.15) is 0 Å². The Morgan fingerprint density at radius 1 is 1.16 bits per heavy atom. The number of halogens is 1. The van der Waals surface area contributed by atoms with Crippen LogP contribution in [0, 0.1) is 0 Å². The first-order valence-electron chi connectivity index (χ1n) is 7.81. The molecule has 0 unspecified atom stereocenters. The largest absolute Gasteiger partial charge is 0.493 e. The average Bonchev–Trinajstić information content (AvgIpc) is 3.02. The van der Waals surface area contributed by atoms with E-state index in [0.717, 1.165) is 39.0 Å². The fourth-order valence-corrected chi connectivity index (χ4v) is 3.09. The van der Waals surface area contributed by atoms with Crippen LogP contribution >= 0.6 is 24.2 Å². The number of methoxy groups -OCH3 is 1. The zero-order valence-electron chi connectivity index (χ0n) is 14.2. The number of aromatic amines is 1. The Balaban J connectivity index is 0.00000225. The summed E-state index contributed by atoms with van der Waals surface area (Å²) in [6, 6.07) is 14.0. The standard InChI is InChI=1S/C19H20N2O2S.ClH/c1-3-6-14-9-10-17(18(13-14)22-2)23-11-12-24-19-20-15-7-4-5-8-16(15)21-19;/h3-10,13H,11-12H2,1-2H3,(H,20,21);1H/b6-3+;. The Bertz CT molecular complexity index is 815. The van der Waals surface area contributed by atoms with E-state index in [4.69, 9.17) is 9.47 Å². The Hall–Kier alpha value is -2.11. The van der Waals surface area contributed by atoms with Gasteiger partial charge in [0.1, 0.15) is 0 Å². The number of hydrogen-bond acceptors (Lipinski definition) is 4. The Morgan fingerprint density at radius 3 is 2.76 bits per heavy atom. The molecule has 0 radical (unpaired) electrons. The van der Waals surface area contributed by atoms with Gasteiger partial charge in [-0.05, 0) is 36.8 Å². The normalized spacial score (nSPS) is 10.8. The first-order chi connectivity index (χ1) is 11.8. The number of hydrogen-bond donors (Lipinski definition) is 1. The van der Waals surface area contributed by atoms with Crippen molar-refractivity contribution in [2.75, 3.05) is 19.5 Å². The minimum absolute atomic E-state index is 0. The molecule has 2 aromatic carbocycles. The van der Waals surface area contributed by atoms with Crippen LogP contribution < -0.4 is 9.47 Å². The number of benzene rings is 2. The minimum atomic E-state index is 0. The summed E-state index contributed by atoms with van der Waals surface area (Å²) in [6.07, 6.45) is 4.03. The maximum absolute atomic E-state index is 5.85. The van der Waals surface area contributed by atoms with Gasteiger partial charge in [0.15, 0.2) is 16.7 Å². The number of nitrogens with one attached hydrogen (secondary N) is 1. The average molecular weight is 377 g/mol. The van der Waals surface area contributed by atoms with Crippen molar-refractivity contribution in [2.45, 2.75) is 12.1 Å². The number of para-hydroxylation sites is 2.